The maximum atomic E-state index is 5.31. The molecule has 0 unspecified atom stereocenters. The summed E-state index contributed by atoms with van der Waals surface area (Å²) >= 11 is 0. The average molecular weight is 173 g/mol. The summed E-state index contributed by atoms with van der Waals surface area (Å²) in [6, 6.07) is 0. The fourth-order valence-electron chi connectivity index (χ4n) is 0.841. The van der Waals surface area contributed by atoms with Gasteiger partial charge in [0.2, 0.25) is 0 Å². The first-order valence-electron chi connectivity index (χ1n) is 4.57. The molecule has 0 saturated heterocycles. The third kappa shape index (κ3) is 6.62. The molecule has 0 spiro atoms. The lowest BCUT2D eigenvalue weighted by Gasteiger charge is -2.26. The first-order valence-corrected chi connectivity index (χ1v) is 4.57. The number of hydrogen-bond acceptors (Lipinski definition) is 2. The van der Waals surface area contributed by atoms with Crippen LogP contribution >= 0.6 is 0 Å². The second kappa shape index (κ2) is 4.24. The van der Waals surface area contributed by atoms with Crippen LogP contribution < -0.4 is 5.32 Å². The van der Waals surface area contributed by atoms with Gasteiger partial charge in [0.1, 0.15) is 0 Å². The third-order valence-corrected chi connectivity index (χ3v) is 1.93. The molecular formula is C10H23NO. The quantitative estimate of drug-likeness (QED) is 0.703. The summed E-state index contributed by atoms with van der Waals surface area (Å²) in [7, 11) is 1.76. The van der Waals surface area contributed by atoms with Crippen molar-refractivity contribution in [2.45, 2.75) is 52.2 Å². The van der Waals surface area contributed by atoms with Crippen molar-refractivity contribution in [1.82, 2.24) is 5.32 Å². The van der Waals surface area contributed by atoms with Crippen molar-refractivity contribution in [3.05, 3.63) is 0 Å². The second-order valence-corrected chi connectivity index (χ2v) is 4.89. The molecule has 12 heavy (non-hydrogen) atoms. The zero-order valence-electron chi connectivity index (χ0n) is 9.32. The highest BCUT2D eigenvalue weighted by atomic mass is 16.5. The van der Waals surface area contributed by atoms with Gasteiger partial charge in [-0.25, -0.2) is 0 Å². The molecule has 0 rings (SSSR count). The summed E-state index contributed by atoms with van der Waals surface area (Å²) in [4.78, 5) is 0. The van der Waals surface area contributed by atoms with Crippen LogP contribution in [0.4, 0.5) is 0 Å². The molecule has 0 saturated carbocycles. The van der Waals surface area contributed by atoms with Crippen LogP contribution in [0.5, 0.6) is 0 Å². The molecular weight excluding hydrogens is 150 g/mol. The van der Waals surface area contributed by atoms with Crippen LogP contribution in [0.3, 0.4) is 0 Å². The molecule has 0 aliphatic rings. The highest BCUT2D eigenvalue weighted by Crippen LogP contribution is 2.12. The first kappa shape index (κ1) is 11.9. The molecule has 0 aliphatic heterocycles. The summed E-state index contributed by atoms with van der Waals surface area (Å²) in [6.45, 7) is 11.7. The fraction of sp³-hybridized carbons (Fsp3) is 1.00. The zero-order chi connectivity index (χ0) is 9.83. The molecule has 0 aromatic heterocycles. The molecule has 0 aromatic rings. The van der Waals surface area contributed by atoms with E-state index in [-0.39, 0.29) is 11.1 Å². The van der Waals surface area contributed by atoms with Gasteiger partial charge in [-0.1, -0.05) is 0 Å². The number of rotatable bonds is 4. The first-order chi connectivity index (χ1) is 5.27. The minimum Gasteiger partial charge on any atom is -0.379 e. The Morgan fingerprint density at radius 1 is 1.08 bits per heavy atom. The normalized spacial score (nSPS) is 13.5. The summed E-state index contributed by atoms with van der Waals surface area (Å²) in [5, 5.41) is 3.43. The van der Waals surface area contributed by atoms with Crippen LogP contribution in [0.1, 0.15) is 41.0 Å². The molecule has 74 valence electrons. The lowest BCUT2D eigenvalue weighted by Crippen LogP contribution is -2.39. The monoisotopic (exact) mass is 173 g/mol. The predicted molar refractivity (Wildman–Crippen MR) is 53.5 cm³/mol. The standard InChI is InChI=1S/C10H23NO/c1-9(2,3)11-8-7-10(4,5)12-6/h11H,7-8H2,1-6H3. The van der Waals surface area contributed by atoms with E-state index in [1.807, 2.05) is 0 Å². The highest BCUT2D eigenvalue weighted by molar-refractivity contribution is 4.74. The number of hydrogen-bond donors (Lipinski definition) is 1. The Morgan fingerprint density at radius 3 is 1.92 bits per heavy atom. The second-order valence-electron chi connectivity index (χ2n) is 4.89. The van der Waals surface area contributed by atoms with Gasteiger partial charge in [0, 0.05) is 12.6 Å². The van der Waals surface area contributed by atoms with Gasteiger partial charge in [0.25, 0.3) is 0 Å². The molecule has 0 aromatic carbocycles. The van der Waals surface area contributed by atoms with E-state index in [2.05, 4.69) is 39.9 Å². The van der Waals surface area contributed by atoms with Crippen molar-refractivity contribution in [2.75, 3.05) is 13.7 Å². The summed E-state index contributed by atoms with van der Waals surface area (Å²) in [5.74, 6) is 0. The number of nitrogens with one attached hydrogen (secondary N) is 1. The van der Waals surface area contributed by atoms with Crippen molar-refractivity contribution in [3.63, 3.8) is 0 Å². The van der Waals surface area contributed by atoms with E-state index in [0.717, 1.165) is 13.0 Å². The van der Waals surface area contributed by atoms with Crippen LogP contribution in [0, 0.1) is 0 Å². The topological polar surface area (TPSA) is 21.3 Å². The minimum atomic E-state index is -0.00174. The van der Waals surface area contributed by atoms with Crippen molar-refractivity contribution in [2.24, 2.45) is 0 Å². The van der Waals surface area contributed by atoms with Crippen LogP contribution in [-0.2, 0) is 4.74 Å². The number of methoxy groups -OCH3 is 1. The van der Waals surface area contributed by atoms with Gasteiger partial charge in [-0.3, -0.25) is 0 Å². The fourth-order valence-corrected chi connectivity index (χ4v) is 0.841. The van der Waals surface area contributed by atoms with Crippen molar-refractivity contribution in [1.29, 1.82) is 0 Å². The van der Waals surface area contributed by atoms with Crippen molar-refractivity contribution >= 4 is 0 Å². The molecule has 0 heterocycles. The Hall–Kier alpha value is -0.0800. The summed E-state index contributed by atoms with van der Waals surface area (Å²) < 4.78 is 5.31. The lowest BCUT2D eigenvalue weighted by molar-refractivity contribution is 0.0148. The Bertz CT molecular complexity index is 124. The van der Waals surface area contributed by atoms with Crippen LogP contribution in [-0.4, -0.2) is 24.8 Å². The van der Waals surface area contributed by atoms with E-state index in [9.17, 15) is 0 Å². The highest BCUT2D eigenvalue weighted by Gasteiger charge is 2.17. The van der Waals surface area contributed by atoms with Gasteiger partial charge in [-0.15, -0.1) is 0 Å². The maximum Gasteiger partial charge on any atom is 0.0634 e. The maximum absolute atomic E-state index is 5.31. The van der Waals surface area contributed by atoms with Gasteiger partial charge in [0.05, 0.1) is 5.60 Å². The van der Waals surface area contributed by atoms with E-state index >= 15 is 0 Å². The SMILES string of the molecule is COC(C)(C)CCNC(C)(C)C. The van der Waals surface area contributed by atoms with Gasteiger partial charge >= 0.3 is 0 Å². The van der Waals surface area contributed by atoms with Gasteiger partial charge < -0.3 is 10.1 Å². The van der Waals surface area contributed by atoms with Gasteiger partial charge in [0.15, 0.2) is 0 Å². The van der Waals surface area contributed by atoms with Crippen LogP contribution in [0.25, 0.3) is 0 Å². The lowest BCUT2D eigenvalue weighted by atomic mass is 10.0. The van der Waals surface area contributed by atoms with Crippen molar-refractivity contribution < 1.29 is 4.74 Å². The van der Waals surface area contributed by atoms with Crippen molar-refractivity contribution in [3.8, 4) is 0 Å². The Balaban J connectivity index is 3.57. The summed E-state index contributed by atoms with van der Waals surface area (Å²) in [6.07, 6.45) is 1.04. The minimum absolute atomic E-state index is 0.00174. The zero-order valence-corrected chi connectivity index (χ0v) is 9.32. The molecule has 2 nitrogen and oxygen atoms in total. The molecule has 0 aliphatic carbocycles. The van der Waals surface area contributed by atoms with E-state index in [1.165, 1.54) is 0 Å². The van der Waals surface area contributed by atoms with E-state index in [0.29, 0.717) is 0 Å². The molecule has 0 atom stereocenters. The van der Waals surface area contributed by atoms with E-state index in [1.54, 1.807) is 7.11 Å². The van der Waals surface area contributed by atoms with Gasteiger partial charge in [-0.2, -0.15) is 0 Å². The number of ether oxygens (including phenoxy) is 1. The molecule has 0 radical (unpaired) electrons. The van der Waals surface area contributed by atoms with Crippen LogP contribution in [0.2, 0.25) is 0 Å². The molecule has 0 amide bonds. The largest absolute Gasteiger partial charge is 0.379 e. The smallest absolute Gasteiger partial charge is 0.0634 e. The molecule has 0 fully saturated rings. The Kier molecular flexibility index (Phi) is 4.21. The molecule has 2 heteroatoms. The molecule has 1 N–H and O–H groups in total. The summed E-state index contributed by atoms with van der Waals surface area (Å²) in [5.41, 5.74) is 0.210. The Labute approximate surface area is 76.7 Å². The van der Waals surface area contributed by atoms with Crippen LogP contribution in [0.15, 0.2) is 0 Å². The Morgan fingerprint density at radius 2 is 1.58 bits per heavy atom. The molecule has 0 bridgehead atoms. The third-order valence-electron chi connectivity index (χ3n) is 1.93. The van der Waals surface area contributed by atoms with E-state index < -0.39 is 0 Å². The average Bonchev–Trinajstić information content (AvgIpc) is 1.84. The van der Waals surface area contributed by atoms with E-state index in [4.69, 9.17) is 4.74 Å². The predicted octanol–water partition coefficient (Wildman–Crippen LogP) is 2.19. The van der Waals surface area contributed by atoms with Gasteiger partial charge in [-0.05, 0) is 47.6 Å².